The average molecular weight is 403 g/mol. The first-order chi connectivity index (χ1) is 12.5. The third-order valence-corrected chi connectivity index (χ3v) is 4.83. The molecule has 0 bridgehead atoms. The number of ether oxygens (including phenoxy) is 2. The number of halogens is 2. The van der Waals surface area contributed by atoms with Crippen LogP contribution in [0.4, 0.5) is 4.39 Å². The third-order valence-electron chi connectivity index (χ3n) is 4.83. The molecule has 0 saturated carbocycles. The summed E-state index contributed by atoms with van der Waals surface area (Å²) >= 11 is 0. The molecule has 0 spiro atoms. The number of nitrogens with one attached hydrogen (secondary N) is 2. The van der Waals surface area contributed by atoms with Gasteiger partial charge in [0.2, 0.25) is 5.91 Å². The summed E-state index contributed by atoms with van der Waals surface area (Å²) < 4.78 is 23.8. The third kappa shape index (κ3) is 6.75. The second kappa shape index (κ2) is 11.2. The van der Waals surface area contributed by atoms with Crippen LogP contribution in [0.5, 0.6) is 5.75 Å². The van der Waals surface area contributed by atoms with Gasteiger partial charge in [-0.3, -0.25) is 9.59 Å². The van der Waals surface area contributed by atoms with E-state index in [-0.39, 0.29) is 53.7 Å². The maximum atomic E-state index is 13.7. The largest absolute Gasteiger partial charge is 0.494 e. The van der Waals surface area contributed by atoms with E-state index < -0.39 is 5.82 Å². The number of hydrogen-bond donors (Lipinski definition) is 2. The summed E-state index contributed by atoms with van der Waals surface area (Å²) in [5, 5.41) is 6.23. The normalized spacial score (nSPS) is 15.5. The molecule has 1 aromatic carbocycles. The molecule has 0 radical (unpaired) electrons. The summed E-state index contributed by atoms with van der Waals surface area (Å²) in [6.45, 7) is 2.94. The molecule has 1 aromatic rings. The maximum Gasteiger partial charge on any atom is 0.220 e. The number of benzene rings is 1. The summed E-state index contributed by atoms with van der Waals surface area (Å²) in [7, 11) is 3.03. The van der Waals surface area contributed by atoms with Crippen molar-refractivity contribution in [1.29, 1.82) is 0 Å². The van der Waals surface area contributed by atoms with E-state index in [4.69, 9.17) is 9.47 Å². The van der Waals surface area contributed by atoms with Gasteiger partial charge in [0.25, 0.3) is 0 Å². The lowest BCUT2D eigenvalue weighted by Crippen LogP contribution is -2.47. The van der Waals surface area contributed by atoms with Gasteiger partial charge in [0.1, 0.15) is 0 Å². The standard InChI is InChI=1S/C19H27FN2O4.ClH/c1-25-13-19(7-9-21-10-8-19)12-22-18(24)6-4-16(23)14-3-5-17(26-2)15(20)11-14;/h3,5,11,21H,4,6-10,12-13H2,1-2H3,(H,22,24);1H. The molecule has 1 amide bonds. The molecule has 0 unspecified atom stereocenters. The van der Waals surface area contributed by atoms with Gasteiger partial charge in [0.05, 0.1) is 13.7 Å². The molecule has 2 N–H and O–H groups in total. The Labute approximate surface area is 165 Å². The second-order valence-corrected chi connectivity index (χ2v) is 6.73. The van der Waals surface area contributed by atoms with Crippen LogP contribution in [0.1, 0.15) is 36.0 Å². The highest BCUT2D eigenvalue weighted by Crippen LogP contribution is 2.28. The number of carbonyl (C=O) groups excluding carboxylic acids is 2. The van der Waals surface area contributed by atoms with E-state index in [1.165, 1.54) is 19.2 Å². The fraction of sp³-hybridized carbons (Fsp3) is 0.579. The molecule has 27 heavy (non-hydrogen) atoms. The van der Waals surface area contributed by atoms with Gasteiger partial charge < -0.3 is 20.1 Å². The van der Waals surface area contributed by atoms with Gasteiger partial charge >= 0.3 is 0 Å². The van der Waals surface area contributed by atoms with E-state index in [0.717, 1.165) is 32.0 Å². The zero-order valence-electron chi connectivity index (χ0n) is 15.8. The summed E-state index contributed by atoms with van der Waals surface area (Å²) in [4.78, 5) is 24.3. The molecular formula is C19H28ClFN2O4. The number of hydrogen-bond acceptors (Lipinski definition) is 5. The lowest BCUT2D eigenvalue weighted by molar-refractivity contribution is -0.122. The van der Waals surface area contributed by atoms with Crippen LogP contribution in [0.25, 0.3) is 0 Å². The Kier molecular flexibility index (Phi) is 9.69. The molecule has 2 rings (SSSR count). The van der Waals surface area contributed by atoms with Gasteiger partial charge in [0.15, 0.2) is 17.3 Å². The van der Waals surface area contributed by atoms with Crippen LogP contribution in [-0.4, -0.2) is 52.2 Å². The van der Waals surface area contributed by atoms with Crippen LogP contribution in [0.3, 0.4) is 0 Å². The Balaban J connectivity index is 0.00000364. The molecule has 1 aliphatic heterocycles. The first-order valence-electron chi connectivity index (χ1n) is 8.83. The quantitative estimate of drug-likeness (QED) is 0.620. The van der Waals surface area contributed by atoms with Crippen LogP contribution < -0.4 is 15.4 Å². The zero-order valence-corrected chi connectivity index (χ0v) is 16.6. The van der Waals surface area contributed by atoms with Gasteiger partial charge in [-0.2, -0.15) is 0 Å². The van der Waals surface area contributed by atoms with Gasteiger partial charge in [-0.25, -0.2) is 4.39 Å². The van der Waals surface area contributed by atoms with E-state index in [2.05, 4.69) is 10.6 Å². The first kappa shape index (κ1) is 23.3. The minimum atomic E-state index is -0.588. The number of Topliss-reactive ketones (excluding diaryl/α,β-unsaturated/α-hetero) is 1. The second-order valence-electron chi connectivity index (χ2n) is 6.73. The van der Waals surface area contributed by atoms with E-state index >= 15 is 0 Å². The summed E-state index contributed by atoms with van der Waals surface area (Å²) in [5.41, 5.74) is 0.184. The van der Waals surface area contributed by atoms with E-state index in [0.29, 0.717) is 13.2 Å². The number of ketones is 1. The zero-order chi connectivity index (χ0) is 19.0. The Hall–Kier alpha value is -1.70. The number of piperidine rings is 1. The van der Waals surface area contributed by atoms with E-state index in [9.17, 15) is 14.0 Å². The Morgan fingerprint density at radius 3 is 2.52 bits per heavy atom. The highest BCUT2D eigenvalue weighted by atomic mass is 35.5. The summed E-state index contributed by atoms with van der Waals surface area (Å²) in [5.74, 6) is -0.948. The topological polar surface area (TPSA) is 76.7 Å². The molecule has 1 fully saturated rings. The van der Waals surface area contributed by atoms with E-state index in [1.807, 2.05) is 0 Å². The molecule has 0 atom stereocenters. The van der Waals surface area contributed by atoms with Crippen molar-refractivity contribution in [3.63, 3.8) is 0 Å². The molecule has 1 heterocycles. The predicted octanol–water partition coefficient (Wildman–Crippen LogP) is 2.35. The number of carbonyl (C=O) groups is 2. The predicted molar refractivity (Wildman–Crippen MR) is 103 cm³/mol. The number of rotatable bonds is 9. The summed E-state index contributed by atoms with van der Waals surface area (Å²) in [6.07, 6.45) is 1.99. The van der Waals surface area contributed by atoms with Crippen LogP contribution in [0.2, 0.25) is 0 Å². The average Bonchev–Trinajstić information content (AvgIpc) is 2.65. The SMILES string of the molecule is COCC1(CNC(=O)CCC(=O)c2ccc(OC)c(F)c2)CCNCC1.Cl. The Morgan fingerprint density at radius 2 is 1.93 bits per heavy atom. The van der Waals surface area contributed by atoms with Crippen molar-refractivity contribution in [1.82, 2.24) is 10.6 Å². The van der Waals surface area contributed by atoms with Gasteiger partial charge in [0, 0.05) is 37.5 Å². The van der Waals surface area contributed by atoms with Crippen molar-refractivity contribution in [2.75, 3.05) is 40.5 Å². The lowest BCUT2D eigenvalue weighted by atomic mass is 9.79. The first-order valence-corrected chi connectivity index (χ1v) is 8.83. The van der Waals surface area contributed by atoms with Crippen LogP contribution in [-0.2, 0) is 9.53 Å². The van der Waals surface area contributed by atoms with Crippen molar-refractivity contribution in [3.05, 3.63) is 29.6 Å². The van der Waals surface area contributed by atoms with Crippen molar-refractivity contribution in [3.8, 4) is 5.75 Å². The minimum absolute atomic E-state index is 0. The summed E-state index contributed by atoms with van der Waals surface area (Å²) in [6, 6.07) is 4.06. The van der Waals surface area contributed by atoms with Crippen molar-refractivity contribution in [2.24, 2.45) is 5.41 Å². The van der Waals surface area contributed by atoms with Crippen molar-refractivity contribution in [2.45, 2.75) is 25.7 Å². The molecule has 0 aromatic heterocycles. The smallest absolute Gasteiger partial charge is 0.220 e. The maximum absolute atomic E-state index is 13.7. The van der Waals surface area contributed by atoms with Crippen LogP contribution >= 0.6 is 12.4 Å². The molecule has 6 nitrogen and oxygen atoms in total. The molecule has 1 saturated heterocycles. The van der Waals surface area contributed by atoms with Crippen molar-refractivity contribution >= 4 is 24.1 Å². The monoisotopic (exact) mass is 402 g/mol. The van der Waals surface area contributed by atoms with Gasteiger partial charge in [-0.05, 0) is 44.1 Å². The van der Waals surface area contributed by atoms with Gasteiger partial charge in [-0.15, -0.1) is 12.4 Å². The van der Waals surface area contributed by atoms with Crippen molar-refractivity contribution < 1.29 is 23.5 Å². The Morgan fingerprint density at radius 1 is 1.22 bits per heavy atom. The van der Waals surface area contributed by atoms with Gasteiger partial charge in [-0.1, -0.05) is 0 Å². The fourth-order valence-electron chi connectivity index (χ4n) is 3.22. The highest BCUT2D eigenvalue weighted by Gasteiger charge is 2.32. The van der Waals surface area contributed by atoms with E-state index in [1.54, 1.807) is 7.11 Å². The molecule has 8 heteroatoms. The fourth-order valence-corrected chi connectivity index (χ4v) is 3.22. The molecule has 1 aliphatic rings. The minimum Gasteiger partial charge on any atom is -0.494 e. The number of methoxy groups -OCH3 is 2. The highest BCUT2D eigenvalue weighted by molar-refractivity contribution is 5.98. The van der Waals surface area contributed by atoms with Crippen LogP contribution in [0, 0.1) is 11.2 Å². The molecule has 152 valence electrons. The molecule has 0 aliphatic carbocycles. The van der Waals surface area contributed by atoms with Crippen LogP contribution in [0.15, 0.2) is 18.2 Å². The Bertz CT molecular complexity index is 631. The number of amides is 1. The lowest BCUT2D eigenvalue weighted by Gasteiger charge is -2.37. The molecular weight excluding hydrogens is 375 g/mol.